The van der Waals surface area contributed by atoms with Crippen LogP contribution in [0.4, 0.5) is 5.82 Å². The van der Waals surface area contributed by atoms with Crippen LogP contribution in [0.25, 0.3) is 0 Å². The standard InChI is InChI=1S/C13H22N4O/c1-10(2)12-6-13(15-9-14-12)17-5-4-16(3)11(7-17)8-18/h6,9-11,18H,4-5,7-8H2,1-3H3. The summed E-state index contributed by atoms with van der Waals surface area (Å²) in [6.45, 7) is 7.17. The first-order valence-corrected chi connectivity index (χ1v) is 6.49. The summed E-state index contributed by atoms with van der Waals surface area (Å²) in [6, 6.07) is 2.25. The third-order valence-corrected chi connectivity index (χ3v) is 3.58. The number of hydrogen-bond donors (Lipinski definition) is 1. The van der Waals surface area contributed by atoms with Crippen LogP contribution in [0.2, 0.25) is 0 Å². The fourth-order valence-electron chi connectivity index (χ4n) is 2.20. The van der Waals surface area contributed by atoms with E-state index in [1.165, 1.54) is 0 Å². The van der Waals surface area contributed by atoms with Gasteiger partial charge in [-0.25, -0.2) is 9.97 Å². The molecule has 1 atom stereocenters. The van der Waals surface area contributed by atoms with Crippen LogP contribution in [0, 0.1) is 0 Å². The van der Waals surface area contributed by atoms with Crippen molar-refractivity contribution >= 4 is 5.82 Å². The highest BCUT2D eigenvalue weighted by Gasteiger charge is 2.24. The Morgan fingerprint density at radius 3 is 2.83 bits per heavy atom. The van der Waals surface area contributed by atoms with Gasteiger partial charge in [0.15, 0.2) is 0 Å². The topological polar surface area (TPSA) is 52.5 Å². The largest absolute Gasteiger partial charge is 0.395 e. The van der Waals surface area contributed by atoms with Gasteiger partial charge in [0.1, 0.15) is 12.1 Å². The number of rotatable bonds is 3. The number of hydrogen-bond acceptors (Lipinski definition) is 5. The van der Waals surface area contributed by atoms with Crippen LogP contribution in [0.3, 0.4) is 0 Å². The summed E-state index contributed by atoms with van der Waals surface area (Å²) in [6.07, 6.45) is 1.64. The number of aliphatic hydroxyl groups excluding tert-OH is 1. The Kier molecular flexibility index (Phi) is 4.14. The van der Waals surface area contributed by atoms with Crippen LogP contribution in [-0.4, -0.2) is 59.3 Å². The summed E-state index contributed by atoms with van der Waals surface area (Å²) in [5.41, 5.74) is 1.07. The number of likely N-dealkylation sites (N-methyl/N-ethyl adjacent to an activating group) is 1. The molecule has 1 fully saturated rings. The zero-order valence-electron chi connectivity index (χ0n) is 11.4. The Morgan fingerprint density at radius 1 is 1.39 bits per heavy atom. The fourth-order valence-corrected chi connectivity index (χ4v) is 2.20. The molecule has 1 aliphatic rings. The molecule has 0 amide bonds. The second-order valence-corrected chi connectivity index (χ2v) is 5.22. The third-order valence-electron chi connectivity index (χ3n) is 3.58. The molecule has 0 spiro atoms. The van der Waals surface area contributed by atoms with E-state index in [0.29, 0.717) is 5.92 Å². The van der Waals surface area contributed by atoms with E-state index in [4.69, 9.17) is 0 Å². The molecule has 1 saturated heterocycles. The lowest BCUT2D eigenvalue weighted by molar-refractivity contribution is 0.135. The van der Waals surface area contributed by atoms with Crippen molar-refractivity contribution in [2.24, 2.45) is 0 Å². The molecule has 0 aliphatic carbocycles. The molecule has 5 nitrogen and oxygen atoms in total. The van der Waals surface area contributed by atoms with E-state index in [9.17, 15) is 5.11 Å². The molecule has 1 aliphatic heterocycles. The molecule has 0 bridgehead atoms. The van der Waals surface area contributed by atoms with Crippen molar-refractivity contribution in [2.45, 2.75) is 25.8 Å². The molecule has 18 heavy (non-hydrogen) atoms. The summed E-state index contributed by atoms with van der Waals surface area (Å²) in [4.78, 5) is 13.1. The van der Waals surface area contributed by atoms with Crippen LogP contribution in [-0.2, 0) is 0 Å². The summed E-state index contributed by atoms with van der Waals surface area (Å²) < 4.78 is 0. The Balaban J connectivity index is 2.14. The Bertz CT molecular complexity index is 396. The highest BCUT2D eigenvalue weighted by Crippen LogP contribution is 2.19. The van der Waals surface area contributed by atoms with Gasteiger partial charge in [0, 0.05) is 31.4 Å². The quantitative estimate of drug-likeness (QED) is 0.856. The van der Waals surface area contributed by atoms with Crippen LogP contribution >= 0.6 is 0 Å². The predicted molar refractivity (Wildman–Crippen MR) is 71.8 cm³/mol. The van der Waals surface area contributed by atoms with Crippen molar-refractivity contribution in [1.29, 1.82) is 0 Å². The Hall–Kier alpha value is -1.20. The van der Waals surface area contributed by atoms with Crippen LogP contribution in [0.15, 0.2) is 12.4 Å². The molecule has 2 rings (SSSR count). The summed E-state index contributed by atoms with van der Waals surface area (Å²) in [5.74, 6) is 1.38. The average molecular weight is 250 g/mol. The van der Waals surface area contributed by atoms with Gasteiger partial charge in [-0.05, 0) is 13.0 Å². The Morgan fingerprint density at radius 2 is 2.17 bits per heavy atom. The molecule has 0 radical (unpaired) electrons. The number of anilines is 1. The maximum atomic E-state index is 9.37. The van der Waals surface area contributed by atoms with Crippen molar-refractivity contribution in [2.75, 3.05) is 38.2 Å². The zero-order valence-corrected chi connectivity index (χ0v) is 11.4. The number of piperazine rings is 1. The highest BCUT2D eigenvalue weighted by molar-refractivity contribution is 5.40. The minimum absolute atomic E-state index is 0.190. The van der Waals surface area contributed by atoms with Crippen LogP contribution in [0.1, 0.15) is 25.5 Å². The molecule has 1 aromatic rings. The van der Waals surface area contributed by atoms with E-state index in [0.717, 1.165) is 31.1 Å². The number of aliphatic hydroxyl groups is 1. The van der Waals surface area contributed by atoms with E-state index < -0.39 is 0 Å². The first kappa shape index (κ1) is 13.2. The van der Waals surface area contributed by atoms with Gasteiger partial charge >= 0.3 is 0 Å². The molecule has 100 valence electrons. The molecule has 1 aromatic heterocycles. The lowest BCUT2D eigenvalue weighted by atomic mass is 10.1. The maximum absolute atomic E-state index is 9.37. The van der Waals surface area contributed by atoms with Gasteiger partial charge in [-0.15, -0.1) is 0 Å². The van der Waals surface area contributed by atoms with Gasteiger partial charge in [-0.1, -0.05) is 13.8 Å². The van der Waals surface area contributed by atoms with E-state index in [-0.39, 0.29) is 12.6 Å². The van der Waals surface area contributed by atoms with Gasteiger partial charge < -0.3 is 10.0 Å². The van der Waals surface area contributed by atoms with E-state index in [1.807, 2.05) is 0 Å². The number of aromatic nitrogens is 2. The lowest BCUT2D eigenvalue weighted by Crippen LogP contribution is -2.53. The van der Waals surface area contributed by atoms with Crippen molar-refractivity contribution in [3.63, 3.8) is 0 Å². The van der Waals surface area contributed by atoms with Crippen LogP contribution in [0.5, 0.6) is 0 Å². The van der Waals surface area contributed by atoms with Crippen molar-refractivity contribution in [3.8, 4) is 0 Å². The van der Waals surface area contributed by atoms with Gasteiger partial charge in [-0.3, -0.25) is 4.90 Å². The van der Waals surface area contributed by atoms with Gasteiger partial charge in [0.2, 0.25) is 0 Å². The molecule has 0 saturated carbocycles. The summed E-state index contributed by atoms with van der Waals surface area (Å²) in [5, 5.41) is 9.37. The molecular weight excluding hydrogens is 228 g/mol. The highest BCUT2D eigenvalue weighted by atomic mass is 16.3. The number of nitrogens with zero attached hydrogens (tertiary/aromatic N) is 4. The first-order valence-electron chi connectivity index (χ1n) is 6.49. The zero-order chi connectivity index (χ0) is 13.1. The average Bonchev–Trinajstić information content (AvgIpc) is 2.39. The lowest BCUT2D eigenvalue weighted by Gasteiger charge is -2.39. The van der Waals surface area contributed by atoms with Gasteiger partial charge in [-0.2, -0.15) is 0 Å². The van der Waals surface area contributed by atoms with E-state index in [2.05, 4.69) is 46.7 Å². The van der Waals surface area contributed by atoms with Crippen molar-refractivity contribution in [1.82, 2.24) is 14.9 Å². The molecule has 2 heterocycles. The molecule has 5 heteroatoms. The second-order valence-electron chi connectivity index (χ2n) is 5.22. The van der Waals surface area contributed by atoms with Gasteiger partial charge in [0.05, 0.1) is 12.6 Å². The third kappa shape index (κ3) is 2.79. The van der Waals surface area contributed by atoms with E-state index >= 15 is 0 Å². The predicted octanol–water partition coefficient (Wildman–Crippen LogP) is 0.713. The smallest absolute Gasteiger partial charge is 0.132 e. The fraction of sp³-hybridized carbons (Fsp3) is 0.692. The first-order chi connectivity index (χ1) is 8.61. The van der Waals surface area contributed by atoms with Crippen LogP contribution < -0.4 is 4.90 Å². The van der Waals surface area contributed by atoms with Crippen molar-refractivity contribution in [3.05, 3.63) is 18.1 Å². The second kappa shape index (κ2) is 5.63. The molecule has 1 unspecified atom stereocenters. The normalized spacial score (nSPS) is 21.6. The molecular formula is C13H22N4O. The molecule has 1 N–H and O–H groups in total. The minimum atomic E-state index is 0.190. The maximum Gasteiger partial charge on any atom is 0.132 e. The summed E-state index contributed by atoms with van der Waals surface area (Å²) in [7, 11) is 2.05. The molecule has 0 aromatic carbocycles. The van der Waals surface area contributed by atoms with E-state index in [1.54, 1.807) is 6.33 Å². The van der Waals surface area contributed by atoms with Crippen molar-refractivity contribution < 1.29 is 5.11 Å². The SMILES string of the molecule is CC(C)c1cc(N2CCN(C)C(CO)C2)ncn1. The Labute approximate surface area is 108 Å². The minimum Gasteiger partial charge on any atom is -0.395 e. The van der Waals surface area contributed by atoms with Gasteiger partial charge in [0.25, 0.3) is 0 Å². The monoisotopic (exact) mass is 250 g/mol. The summed E-state index contributed by atoms with van der Waals surface area (Å²) >= 11 is 0.